The number of rotatable bonds is 4. The first kappa shape index (κ1) is 12.7. The van der Waals surface area contributed by atoms with E-state index in [2.05, 4.69) is 12.1 Å². The van der Waals surface area contributed by atoms with E-state index in [0.29, 0.717) is 5.75 Å². The zero-order chi connectivity index (χ0) is 12.8. The summed E-state index contributed by atoms with van der Waals surface area (Å²) in [5.41, 5.74) is 1.28. The number of carbonyl (C=O) groups excluding carboxylic acids is 1. The molecule has 2 aromatic carbocycles. The van der Waals surface area contributed by atoms with Crippen LogP contribution < -0.4 is 4.74 Å². The van der Waals surface area contributed by atoms with Gasteiger partial charge in [0.25, 0.3) is 0 Å². The Hall–Kier alpha value is -1.74. The van der Waals surface area contributed by atoms with Crippen LogP contribution in [0.4, 0.5) is 0 Å². The van der Waals surface area contributed by atoms with Crippen LogP contribution in [0.3, 0.4) is 0 Å². The molecule has 0 spiro atoms. The van der Waals surface area contributed by atoms with Crippen molar-refractivity contribution in [1.82, 2.24) is 0 Å². The van der Waals surface area contributed by atoms with Crippen molar-refractivity contribution in [1.29, 1.82) is 0 Å². The topological polar surface area (TPSA) is 26.3 Å². The molecule has 0 fully saturated rings. The lowest BCUT2D eigenvalue weighted by Gasteiger charge is -2.05. The molecule has 0 atom stereocenters. The molecule has 0 saturated heterocycles. The lowest BCUT2D eigenvalue weighted by molar-refractivity contribution is -0.131. The summed E-state index contributed by atoms with van der Waals surface area (Å²) in [5, 5.41) is 0. The molecule has 3 heteroatoms. The van der Waals surface area contributed by atoms with Crippen molar-refractivity contribution >= 4 is 17.7 Å². The minimum Gasteiger partial charge on any atom is -0.427 e. The van der Waals surface area contributed by atoms with E-state index in [1.54, 1.807) is 17.8 Å². The van der Waals surface area contributed by atoms with Crippen LogP contribution in [0.25, 0.3) is 0 Å². The molecule has 0 aromatic heterocycles. The molecule has 2 rings (SSSR count). The van der Waals surface area contributed by atoms with Gasteiger partial charge in [-0.1, -0.05) is 36.4 Å². The van der Waals surface area contributed by atoms with Crippen LogP contribution in [0.2, 0.25) is 0 Å². The molecule has 0 amide bonds. The Kier molecular flexibility index (Phi) is 4.42. The summed E-state index contributed by atoms with van der Waals surface area (Å²) in [4.78, 5) is 12.0. The monoisotopic (exact) mass is 258 g/mol. The molecule has 0 aliphatic rings. The molecule has 0 unspecified atom stereocenters. The van der Waals surface area contributed by atoms with Gasteiger partial charge in [0.15, 0.2) is 0 Å². The molecule has 0 saturated carbocycles. The minimum atomic E-state index is -0.291. The number of esters is 1. The van der Waals surface area contributed by atoms with Gasteiger partial charge in [0.1, 0.15) is 5.75 Å². The van der Waals surface area contributed by atoms with Crippen LogP contribution in [-0.4, -0.2) is 5.97 Å². The highest BCUT2D eigenvalue weighted by Gasteiger charge is 2.01. The number of hydrogen-bond donors (Lipinski definition) is 0. The molecular weight excluding hydrogens is 244 g/mol. The third kappa shape index (κ3) is 3.93. The zero-order valence-electron chi connectivity index (χ0n) is 10.1. The van der Waals surface area contributed by atoms with E-state index in [-0.39, 0.29) is 5.97 Å². The summed E-state index contributed by atoms with van der Waals surface area (Å²) < 4.78 is 5.05. The van der Waals surface area contributed by atoms with Crippen molar-refractivity contribution in [3.63, 3.8) is 0 Å². The van der Waals surface area contributed by atoms with Crippen molar-refractivity contribution in [3.05, 3.63) is 60.2 Å². The average Bonchev–Trinajstić information content (AvgIpc) is 2.37. The predicted octanol–water partition coefficient (Wildman–Crippen LogP) is 3.90. The van der Waals surface area contributed by atoms with Gasteiger partial charge in [-0.05, 0) is 23.8 Å². The fourth-order valence-corrected chi connectivity index (χ4v) is 2.43. The van der Waals surface area contributed by atoms with Crippen LogP contribution in [0.1, 0.15) is 12.5 Å². The van der Waals surface area contributed by atoms with Crippen molar-refractivity contribution in [2.45, 2.75) is 17.6 Å². The lowest BCUT2D eigenvalue weighted by Crippen LogP contribution is -2.00. The SMILES string of the molecule is CC(=O)Oc1cccc(SCc2ccccc2)c1. The molecular formula is C15H14O2S. The maximum absolute atomic E-state index is 10.9. The maximum atomic E-state index is 10.9. The van der Waals surface area contributed by atoms with E-state index in [0.717, 1.165) is 10.6 Å². The summed E-state index contributed by atoms with van der Waals surface area (Å²) in [6.45, 7) is 1.41. The zero-order valence-corrected chi connectivity index (χ0v) is 10.9. The second kappa shape index (κ2) is 6.26. The Morgan fingerprint density at radius 2 is 1.89 bits per heavy atom. The Morgan fingerprint density at radius 1 is 1.11 bits per heavy atom. The average molecular weight is 258 g/mol. The Balaban J connectivity index is 1.99. The van der Waals surface area contributed by atoms with Gasteiger partial charge in [-0.15, -0.1) is 11.8 Å². The summed E-state index contributed by atoms with van der Waals surface area (Å²) in [6.07, 6.45) is 0. The number of benzene rings is 2. The minimum absolute atomic E-state index is 0.291. The first-order chi connectivity index (χ1) is 8.74. The highest BCUT2D eigenvalue weighted by atomic mass is 32.2. The maximum Gasteiger partial charge on any atom is 0.308 e. The molecule has 2 nitrogen and oxygen atoms in total. The second-order valence-corrected chi connectivity index (χ2v) is 4.89. The van der Waals surface area contributed by atoms with Crippen molar-refractivity contribution < 1.29 is 9.53 Å². The third-order valence-corrected chi connectivity index (χ3v) is 3.38. The number of thioether (sulfide) groups is 1. The van der Waals surface area contributed by atoms with Gasteiger partial charge in [-0.3, -0.25) is 4.79 Å². The first-order valence-corrected chi connectivity index (χ1v) is 6.68. The standard InChI is InChI=1S/C15H14O2S/c1-12(16)17-14-8-5-9-15(10-14)18-11-13-6-3-2-4-7-13/h2-10H,11H2,1H3. The highest BCUT2D eigenvalue weighted by molar-refractivity contribution is 7.98. The number of ether oxygens (including phenoxy) is 1. The first-order valence-electron chi connectivity index (χ1n) is 5.69. The molecule has 2 aromatic rings. The largest absolute Gasteiger partial charge is 0.427 e. The molecule has 0 N–H and O–H groups in total. The Labute approximate surface area is 111 Å². The molecule has 0 bridgehead atoms. The second-order valence-electron chi connectivity index (χ2n) is 3.84. The van der Waals surface area contributed by atoms with Crippen LogP contribution in [0, 0.1) is 0 Å². The summed E-state index contributed by atoms with van der Waals surface area (Å²) >= 11 is 1.72. The van der Waals surface area contributed by atoms with E-state index in [1.807, 2.05) is 36.4 Å². The smallest absolute Gasteiger partial charge is 0.308 e. The Morgan fingerprint density at radius 3 is 2.61 bits per heavy atom. The molecule has 0 heterocycles. The summed E-state index contributed by atoms with van der Waals surface area (Å²) in [7, 11) is 0. The molecule has 0 aliphatic heterocycles. The van der Waals surface area contributed by atoms with Crippen molar-refractivity contribution in [2.75, 3.05) is 0 Å². The molecule has 0 aliphatic carbocycles. The Bertz CT molecular complexity index is 523. The van der Waals surface area contributed by atoms with E-state index in [4.69, 9.17) is 4.74 Å². The lowest BCUT2D eigenvalue weighted by atomic mass is 10.2. The summed E-state index contributed by atoms with van der Waals surface area (Å²) in [6, 6.07) is 17.9. The van der Waals surface area contributed by atoms with Crippen LogP contribution in [0.5, 0.6) is 5.75 Å². The molecule has 18 heavy (non-hydrogen) atoms. The normalized spacial score (nSPS) is 10.1. The third-order valence-electron chi connectivity index (χ3n) is 2.32. The molecule has 0 radical (unpaired) electrons. The number of carbonyl (C=O) groups is 1. The molecule has 92 valence electrons. The summed E-state index contributed by atoms with van der Waals surface area (Å²) in [5.74, 6) is 1.21. The van der Waals surface area contributed by atoms with E-state index in [1.165, 1.54) is 12.5 Å². The fraction of sp³-hybridized carbons (Fsp3) is 0.133. The van der Waals surface area contributed by atoms with Gasteiger partial charge in [0.2, 0.25) is 0 Å². The number of hydrogen-bond acceptors (Lipinski definition) is 3. The van der Waals surface area contributed by atoms with Crippen LogP contribution >= 0.6 is 11.8 Å². The highest BCUT2D eigenvalue weighted by Crippen LogP contribution is 2.26. The van der Waals surface area contributed by atoms with Gasteiger partial charge in [0, 0.05) is 17.6 Å². The van der Waals surface area contributed by atoms with E-state index >= 15 is 0 Å². The fourth-order valence-electron chi connectivity index (χ4n) is 1.53. The van der Waals surface area contributed by atoms with Gasteiger partial charge in [-0.2, -0.15) is 0 Å². The van der Waals surface area contributed by atoms with Crippen molar-refractivity contribution in [2.24, 2.45) is 0 Å². The van der Waals surface area contributed by atoms with Gasteiger partial charge < -0.3 is 4.74 Å². The van der Waals surface area contributed by atoms with Gasteiger partial charge in [0.05, 0.1) is 0 Å². The van der Waals surface area contributed by atoms with Gasteiger partial charge >= 0.3 is 5.97 Å². The quantitative estimate of drug-likeness (QED) is 0.472. The van der Waals surface area contributed by atoms with Crippen LogP contribution in [0.15, 0.2) is 59.5 Å². The van der Waals surface area contributed by atoms with Crippen molar-refractivity contribution in [3.8, 4) is 5.75 Å². The van der Waals surface area contributed by atoms with E-state index in [9.17, 15) is 4.79 Å². The van der Waals surface area contributed by atoms with E-state index < -0.39 is 0 Å². The van der Waals surface area contributed by atoms with Gasteiger partial charge in [-0.25, -0.2) is 0 Å². The van der Waals surface area contributed by atoms with Crippen LogP contribution in [-0.2, 0) is 10.5 Å². The predicted molar refractivity (Wildman–Crippen MR) is 73.8 cm³/mol.